The highest BCUT2D eigenvalue weighted by Gasteiger charge is 2.24. The molecular weight excluding hydrogens is 292 g/mol. The first kappa shape index (κ1) is 14.9. The van der Waals surface area contributed by atoms with E-state index >= 15 is 0 Å². The number of carbonyl (C=O) groups excluding carboxylic acids is 1. The van der Waals surface area contributed by atoms with Crippen molar-refractivity contribution in [3.8, 4) is 17.6 Å². The molecule has 0 saturated heterocycles. The van der Waals surface area contributed by atoms with E-state index in [4.69, 9.17) is 14.7 Å². The molecule has 0 N–H and O–H groups in total. The van der Waals surface area contributed by atoms with Crippen molar-refractivity contribution in [2.75, 3.05) is 14.2 Å². The molecule has 0 aliphatic carbocycles. The Morgan fingerprint density at radius 3 is 2.83 bits per heavy atom. The predicted octanol–water partition coefficient (Wildman–Crippen LogP) is 2.73. The number of carbonyl (C=O) groups is 1. The molecule has 23 heavy (non-hydrogen) atoms. The number of hydrogen-bond acceptors (Lipinski definition) is 4. The third-order valence-electron chi connectivity index (χ3n) is 3.85. The zero-order valence-corrected chi connectivity index (χ0v) is 13.0. The van der Waals surface area contributed by atoms with Crippen LogP contribution in [-0.4, -0.2) is 25.0 Å². The number of rotatable bonds is 4. The van der Waals surface area contributed by atoms with Gasteiger partial charge in [0.05, 0.1) is 12.7 Å². The van der Waals surface area contributed by atoms with Crippen molar-refractivity contribution in [3.63, 3.8) is 0 Å². The number of amides is 1. The van der Waals surface area contributed by atoms with E-state index in [0.29, 0.717) is 30.2 Å². The fourth-order valence-corrected chi connectivity index (χ4v) is 2.63. The number of fused-ring (bicyclic) bond motifs is 1. The number of ether oxygens (including phenoxy) is 2. The average molecular weight is 308 g/mol. The summed E-state index contributed by atoms with van der Waals surface area (Å²) in [5, 5.41) is 9.11. The molecule has 0 radical (unpaired) electrons. The zero-order chi connectivity index (χ0) is 16.4. The third-order valence-corrected chi connectivity index (χ3v) is 3.85. The summed E-state index contributed by atoms with van der Waals surface area (Å²) in [6.45, 7) is 0.952. The van der Waals surface area contributed by atoms with Crippen molar-refractivity contribution in [1.82, 2.24) is 4.90 Å². The molecule has 0 atom stereocenters. The molecule has 1 aliphatic heterocycles. The Bertz CT molecular complexity index is 808. The van der Waals surface area contributed by atoms with Crippen molar-refractivity contribution >= 4 is 5.91 Å². The molecular formula is C18H16N2O3. The Morgan fingerprint density at radius 2 is 2.09 bits per heavy atom. The van der Waals surface area contributed by atoms with E-state index < -0.39 is 0 Å². The van der Waals surface area contributed by atoms with Crippen LogP contribution in [0.5, 0.6) is 11.5 Å². The summed E-state index contributed by atoms with van der Waals surface area (Å²) in [7, 11) is 3.32. The first-order valence-corrected chi connectivity index (χ1v) is 7.20. The van der Waals surface area contributed by atoms with Crippen molar-refractivity contribution in [2.24, 2.45) is 0 Å². The third kappa shape index (κ3) is 2.84. The Hall–Kier alpha value is -3.00. The van der Waals surface area contributed by atoms with Crippen molar-refractivity contribution in [1.29, 1.82) is 5.26 Å². The fraction of sp³-hybridized carbons (Fsp3) is 0.222. The molecule has 116 valence electrons. The highest BCUT2D eigenvalue weighted by molar-refractivity contribution is 5.98. The monoisotopic (exact) mass is 308 g/mol. The quantitative estimate of drug-likeness (QED) is 0.871. The molecule has 3 rings (SSSR count). The van der Waals surface area contributed by atoms with Gasteiger partial charge in [-0.2, -0.15) is 5.26 Å². The van der Waals surface area contributed by atoms with Crippen LogP contribution in [0, 0.1) is 11.3 Å². The number of methoxy groups -OCH3 is 1. The first-order chi connectivity index (χ1) is 11.1. The molecule has 0 aromatic heterocycles. The summed E-state index contributed by atoms with van der Waals surface area (Å²) >= 11 is 0. The minimum absolute atomic E-state index is 0.0420. The van der Waals surface area contributed by atoms with Gasteiger partial charge in [0.25, 0.3) is 5.91 Å². The van der Waals surface area contributed by atoms with Crippen LogP contribution in [0.1, 0.15) is 27.0 Å². The summed E-state index contributed by atoms with van der Waals surface area (Å²) in [5.41, 5.74) is 3.07. The maximum atomic E-state index is 11.9. The molecule has 0 fully saturated rings. The molecule has 1 amide bonds. The number of benzene rings is 2. The Labute approximate surface area is 134 Å². The molecule has 0 saturated carbocycles. The highest BCUT2D eigenvalue weighted by atomic mass is 16.5. The van der Waals surface area contributed by atoms with Crippen LogP contribution < -0.4 is 9.47 Å². The topological polar surface area (TPSA) is 62.6 Å². The van der Waals surface area contributed by atoms with Crippen LogP contribution in [0.4, 0.5) is 0 Å². The van der Waals surface area contributed by atoms with Gasteiger partial charge in [-0.3, -0.25) is 4.79 Å². The second-order valence-corrected chi connectivity index (χ2v) is 5.42. The molecule has 5 heteroatoms. The predicted molar refractivity (Wildman–Crippen MR) is 84.3 cm³/mol. The van der Waals surface area contributed by atoms with E-state index in [-0.39, 0.29) is 5.91 Å². The van der Waals surface area contributed by atoms with Gasteiger partial charge in [0, 0.05) is 19.2 Å². The Morgan fingerprint density at radius 1 is 1.26 bits per heavy atom. The number of nitriles is 1. The molecule has 1 aliphatic rings. The lowest BCUT2D eigenvalue weighted by Gasteiger charge is -2.09. The van der Waals surface area contributed by atoms with Gasteiger partial charge in [0.1, 0.15) is 24.2 Å². The van der Waals surface area contributed by atoms with Gasteiger partial charge in [0.2, 0.25) is 0 Å². The second kappa shape index (κ2) is 6.01. The van der Waals surface area contributed by atoms with Crippen LogP contribution in [0.3, 0.4) is 0 Å². The average Bonchev–Trinajstić information content (AvgIpc) is 2.86. The minimum Gasteiger partial charge on any atom is -0.495 e. The number of hydrogen-bond donors (Lipinski definition) is 0. The summed E-state index contributed by atoms with van der Waals surface area (Å²) in [6, 6.07) is 13.0. The Kier molecular flexibility index (Phi) is 3.90. The number of nitrogens with zero attached hydrogens (tertiary/aromatic N) is 2. The molecule has 2 aromatic rings. The minimum atomic E-state index is 0.0420. The largest absolute Gasteiger partial charge is 0.495 e. The van der Waals surface area contributed by atoms with Gasteiger partial charge in [0.15, 0.2) is 0 Å². The van der Waals surface area contributed by atoms with E-state index in [1.165, 1.54) is 7.11 Å². The normalized spacial score (nSPS) is 12.7. The van der Waals surface area contributed by atoms with E-state index in [9.17, 15) is 4.79 Å². The summed E-state index contributed by atoms with van der Waals surface area (Å²) in [5.74, 6) is 1.30. The summed E-state index contributed by atoms with van der Waals surface area (Å²) < 4.78 is 10.9. The van der Waals surface area contributed by atoms with Crippen molar-refractivity contribution < 1.29 is 14.3 Å². The van der Waals surface area contributed by atoms with Gasteiger partial charge < -0.3 is 14.4 Å². The van der Waals surface area contributed by atoms with Gasteiger partial charge >= 0.3 is 0 Å². The molecule has 5 nitrogen and oxygen atoms in total. The van der Waals surface area contributed by atoms with Crippen LogP contribution >= 0.6 is 0 Å². The van der Waals surface area contributed by atoms with Gasteiger partial charge in [-0.25, -0.2) is 0 Å². The maximum Gasteiger partial charge on any atom is 0.254 e. The smallest absolute Gasteiger partial charge is 0.254 e. The zero-order valence-electron chi connectivity index (χ0n) is 13.0. The van der Waals surface area contributed by atoms with E-state index in [2.05, 4.69) is 6.07 Å². The van der Waals surface area contributed by atoms with E-state index in [0.717, 1.165) is 16.7 Å². The lowest BCUT2D eigenvalue weighted by molar-refractivity contribution is 0.0816. The van der Waals surface area contributed by atoms with Crippen molar-refractivity contribution in [2.45, 2.75) is 13.2 Å². The molecule has 0 spiro atoms. The fourth-order valence-electron chi connectivity index (χ4n) is 2.63. The summed E-state index contributed by atoms with van der Waals surface area (Å²) in [4.78, 5) is 13.5. The van der Waals surface area contributed by atoms with Gasteiger partial charge in [-0.05, 0) is 41.5 Å². The highest BCUT2D eigenvalue weighted by Crippen LogP contribution is 2.26. The van der Waals surface area contributed by atoms with Crippen LogP contribution in [0.15, 0.2) is 36.4 Å². The summed E-state index contributed by atoms with van der Waals surface area (Å²) in [6.07, 6.45) is 0. The van der Waals surface area contributed by atoms with Crippen LogP contribution in [-0.2, 0) is 13.2 Å². The SMILES string of the molecule is COc1ccc(COc2ccc3c(c2)CN(C)C3=O)cc1C#N. The lowest BCUT2D eigenvalue weighted by atomic mass is 10.1. The van der Waals surface area contributed by atoms with Crippen LogP contribution in [0.2, 0.25) is 0 Å². The molecule has 2 aromatic carbocycles. The van der Waals surface area contributed by atoms with E-state index in [1.807, 2.05) is 12.1 Å². The molecule has 1 heterocycles. The second-order valence-electron chi connectivity index (χ2n) is 5.42. The van der Waals surface area contributed by atoms with E-state index in [1.54, 1.807) is 36.2 Å². The van der Waals surface area contributed by atoms with Gasteiger partial charge in [-0.1, -0.05) is 6.07 Å². The standard InChI is InChI=1S/C18H16N2O3/c1-20-10-14-8-15(4-5-16(14)18(20)21)23-11-12-3-6-17(22-2)13(7-12)9-19/h3-8H,10-11H2,1-2H3. The van der Waals surface area contributed by atoms with Crippen molar-refractivity contribution in [3.05, 3.63) is 58.7 Å². The first-order valence-electron chi connectivity index (χ1n) is 7.20. The molecule has 0 bridgehead atoms. The molecule has 0 unspecified atom stereocenters. The van der Waals surface area contributed by atoms with Gasteiger partial charge in [-0.15, -0.1) is 0 Å². The maximum absolute atomic E-state index is 11.9. The Balaban J connectivity index is 1.74. The van der Waals surface area contributed by atoms with Crippen LogP contribution in [0.25, 0.3) is 0 Å². The lowest BCUT2D eigenvalue weighted by Crippen LogP contribution is -2.17.